The summed E-state index contributed by atoms with van der Waals surface area (Å²) in [6.07, 6.45) is 4.49. The molecule has 1 aliphatic carbocycles. The van der Waals surface area contributed by atoms with Crippen LogP contribution in [0.2, 0.25) is 5.02 Å². The highest BCUT2D eigenvalue weighted by Crippen LogP contribution is 2.33. The third-order valence-corrected chi connectivity index (χ3v) is 5.78. The highest BCUT2D eigenvalue weighted by atomic mass is 35.5. The van der Waals surface area contributed by atoms with Crippen LogP contribution < -0.4 is 15.8 Å². The maximum atomic E-state index is 15.1. The monoisotopic (exact) mass is 509 g/mol. The normalized spacial score (nSPS) is 12.9. The first-order valence-corrected chi connectivity index (χ1v) is 11.3. The Labute approximate surface area is 208 Å². The Morgan fingerprint density at radius 1 is 1.11 bits per heavy atom. The van der Waals surface area contributed by atoms with Crippen LogP contribution in [0.15, 0.2) is 60.9 Å². The molecule has 1 fully saturated rings. The fourth-order valence-electron chi connectivity index (χ4n) is 3.53. The Morgan fingerprint density at radius 2 is 1.92 bits per heavy atom. The molecule has 0 saturated heterocycles. The zero-order valence-corrected chi connectivity index (χ0v) is 19.3. The molecule has 4 aromatic rings. The number of primary amides is 1. The molecule has 36 heavy (non-hydrogen) atoms. The van der Waals surface area contributed by atoms with E-state index in [1.165, 1.54) is 59.4 Å². The van der Waals surface area contributed by atoms with Crippen molar-refractivity contribution in [2.24, 2.45) is 11.7 Å². The van der Waals surface area contributed by atoms with Gasteiger partial charge in [0.25, 0.3) is 5.91 Å². The predicted octanol–water partition coefficient (Wildman–Crippen LogP) is 5.11. The van der Waals surface area contributed by atoms with Gasteiger partial charge >= 0.3 is 0 Å². The lowest BCUT2D eigenvalue weighted by atomic mass is 10.2. The lowest BCUT2D eigenvalue weighted by Crippen LogP contribution is -2.14. The molecule has 8 nitrogen and oxygen atoms in total. The number of hydrogen-bond donors (Lipinski definition) is 2. The van der Waals surface area contributed by atoms with E-state index in [0.29, 0.717) is 17.1 Å². The van der Waals surface area contributed by atoms with Gasteiger partial charge < -0.3 is 15.8 Å². The van der Waals surface area contributed by atoms with Crippen molar-refractivity contribution in [3.8, 4) is 28.6 Å². The lowest BCUT2D eigenvalue weighted by molar-refractivity contribution is -0.117. The Morgan fingerprint density at radius 3 is 2.61 bits per heavy atom. The van der Waals surface area contributed by atoms with Gasteiger partial charge in [0.1, 0.15) is 28.9 Å². The molecule has 2 aromatic heterocycles. The van der Waals surface area contributed by atoms with Crippen molar-refractivity contribution in [1.82, 2.24) is 14.5 Å². The van der Waals surface area contributed by atoms with Gasteiger partial charge in [-0.05, 0) is 55.3 Å². The van der Waals surface area contributed by atoms with E-state index in [9.17, 15) is 14.0 Å². The van der Waals surface area contributed by atoms with E-state index in [-0.39, 0.29) is 39.9 Å². The molecule has 0 radical (unpaired) electrons. The quantitative estimate of drug-likeness (QED) is 0.360. The van der Waals surface area contributed by atoms with Crippen LogP contribution in [0.3, 0.4) is 0 Å². The maximum absolute atomic E-state index is 15.1. The van der Waals surface area contributed by atoms with Crippen molar-refractivity contribution in [2.45, 2.75) is 12.8 Å². The van der Waals surface area contributed by atoms with Gasteiger partial charge in [0.05, 0.1) is 10.7 Å². The number of halogens is 3. The third kappa shape index (κ3) is 4.89. The van der Waals surface area contributed by atoms with Gasteiger partial charge in [-0.3, -0.25) is 14.2 Å². The summed E-state index contributed by atoms with van der Waals surface area (Å²) in [5.74, 6) is -1.49. The Kier molecular flexibility index (Phi) is 6.11. The summed E-state index contributed by atoms with van der Waals surface area (Å²) in [6, 6.07) is 10.8. The fraction of sp³-hybridized carbons (Fsp3) is 0.120. The summed E-state index contributed by atoms with van der Waals surface area (Å²) < 4.78 is 35.7. The summed E-state index contributed by atoms with van der Waals surface area (Å²) in [4.78, 5) is 32.0. The van der Waals surface area contributed by atoms with E-state index in [2.05, 4.69) is 15.3 Å². The molecular weight excluding hydrogens is 492 g/mol. The summed E-state index contributed by atoms with van der Waals surface area (Å²) in [7, 11) is 0. The molecule has 0 bridgehead atoms. The fourth-order valence-corrected chi connectivity index (χ4v) is 3.79. The molecule has 11 heteroatoms. The second kappa shape index (κ2) is 9.38. The number of benzene rings is 2. The second-order valence-electron chi connectivity index (χ2n) is 8.17. The van der Waals surface area contributed by atoms with Gasteiger partial charge in [-0.1, -0.05) is 11.6 Å². The molecule has 2 amide bonds. The van der Waals surface area contributed by atoms with Gasteiger partial charge in [-0.2, -0.15) is 0 Å². The molecular formula is C25H18ClF2N5O3. The number of carbonyl (C=O) groups excluding carboxylic acids is 2. The van der Waals surface area contributed by atoms with E-state index >= 15 is 4.39 Å². The molecule has 3 N–H and O–H groups in total. The highest BCUT2D eigenvalue weighted by Gasteiger charge is 2.29. The molecule has 0 atom stereocenters. The number of pyridine rings is 1. The minimum atomic E-state index is -0.795. The smallest absolute Gasteiger partial charge is 0.268 e. The summed E-state index contributed by atoms with van der Waals surface area (Å²) in [6.45, 7) is 0. The van der Waals surface area contributed by atoms with E-state index < -0.39 is 17.5 Å². The number of ether oxygens (including phenoxy) is 1. The van der Waals surface area contributed by atoms with Gasteiger partial charge in [0.15, 0.2) is 11.6 Å². The molecule has 182 valence electrons. The molecule has 5 rings (SSSR count). The molecule has 2 aromatic carbocycles. The minimum Gasteiger partial charge on any atom is -0.454 e. The first-order valence-electron chi connectivity index (χ1n) is 10.9. The topological polar surface area (TPSA) is 112 Å². The van der Waals surface area contributed by atoms with Gasteiger partial charge in [0, 0.05) is 29.9 Å². The zero-order chi connectivity index (χ0) is 25.4. The van der Waals surface area contributed by atoms with Gasteiger partial charge in [0.2, 0.25) is 5.91 Å². The maximum Gasteiger partial charge on any atom is 0.268 e. The average molecular weight is 510 g/mol. The number of imidazole rings is 1. The molecule has 2 heterocycles. The lowest BCUT2D eigenvalue weighted by Gasteiger charge is -2.12. The van der Waals surface area contributed by atoms with Crippen LogP contribution in [0, 0.1) is 17.6 Å². The zero-order valence-electron chi connectivity index (χ0n) is 18.5. The van der Waals surface area contributed by atoms with E-state index in [4.69, 9.17) is 22.1 Å². The Balaban J connectivity index is 1.44. The molecule has 0 spiro atoms. The number of nitrogens with one attached hydrogen (secondary N) is 1. The molecule has 1 saturated carbocycles. The number of amides is 2. The second-order valence-corrected chi connectivity index (χ2v) is 8.57. The summed E-state index contributed by atoms with van der Waals surface area (Å²) in [5.41, 5.74) is 5.92. The average Bonchev–Trinajstić information content (AvgIpc) is 3.60. The summed E-state index contributed by atoms with van der Waals surface area (Å²) >= 11 is 6.19. The summed E-state index contributed by atoms with van der Waals surface area (Å²) in [5, 5.41) is 2.77. The van der Waals surface area contributed by atoms with Crippen molar-refractivity contribution < 1.29 is 23.1 Å². The molecule has 0 aliphatic heterocycles. The third-order valence-electron chi connectivity index (χ3n) is 5.48. The van der Waals surface area contributed by atoms with Crippen LogP contribution >= 0.6 is 11.6 Å². The van der Waals surface area contributed by atoms with Crippen LogP contribution in [0.25, 0.3) is 17.1 Å². The van der Waals surface area contributed by atoms with E-state index in [1.807, 2.05) is 0 Å². The van der Waals surface area contributed by atoms with Crippen molar-refractivity contribution in [2.75, 3.05) is 5.32 Å². The Hall–Kier alpha value is -4.31. The Bertz CT molecular complexity index is 1500. The van der Waals surface area contributed by atoms with Gasteiger partial charge in [-0.25, -0.2) is 18.7 Å². The molecule has 0 unspecified atom stereocenters. The minimum absolute atomic E-state index is 0.00814. The van der Waals surface area contributed by atoms with Crippen LogP contribution in [-0.4, -0.2) is 26.3 Å². The number of anilines is 1. The van der Waals surface area contributed by atoms with Crippen molar-refractivity contribution in [3.05, 3.63) is 83.3 Å². The van der Waals surface area contributed by atoms with Crippen LogP contribution in [0.1, 0.15) is 23.3 Å². The van der Waals surface area contributed by atoms with Gasteiger partial charge in [-0.15, -0.1) is 0 Å². The SMILES string of the molecule is NC(=O)c1cn(-c2ccc(F)cc2Cl)c(-c2ccc(Oc3ccnc(NC(=O)C4CC4)c3)c(F)c2)n1. The molecule has 1 aliphatic rings. The van der Waals surface area contributed by atoms with E-state index in [0.717, 1.165) is 18.9 Å². The van der Waals surface area contributed by atoms with E-state index in [1.54, 1.807) is 0 Å². The predicted molar refractivity (Wildman–Crippen MR) is 128 cm³/mol. The number of nitrogens with zero attached hydrogens (tertiary/aromatic N) is 3. The van der Waals surface area contributed by atoms with Crippen molar-refractivity contribution in [1.29, 1.82) is 0 Å². The van der Waals surface area contributed by atoms with Crippen LogP contribution in [0.4, 0.5) is 14.6 Å². The number of aromatic nitrogens is 3. The first kappa shape index (κ1) is 23.4. The van der Waals surface area contributed by atoms with Crippen molar-refractivity contribution >= 4 is 29.2 Å². The number of rotatable bonds is 7. The van der Waals surface area contributed by atoms with Crippen molar-refractivity contribution in [3.63, 3.8) is 0 Å². The number of carbonyl (C=O) groups is 2. The van der Waals surface area contributed by atoms with Crippen LogP contribution in [0.5, 0.6) is 11.5 Å². The largest absolute Gasteiger partial charge is 0.454 e. The van der Waals surface area contributed by atoms with Crippen LogP contribution in [-0.2, 0) is 4.79 Å². The highest BCUT2D eigenvalue weighted by molar-refractivity contribution is 6.32. The standard InChI is InChI=1S/C25H18ClF2N5O3/c26-17-10-15(27)4-5-20(17)33-12-19(23(29)34)31-24(33)14-3-6-21(18(28)9-14)36-16-7-8-30-22(11-16)32-25(35)13-1-2-13/h3-13H,1-2H2,(H2,29,34)(H,30,32,35). The first-order chi connectivity index (χ1) is 17.3. The number of hydrogen-bond acceptors (Lipinski definition) is 5. The number of nitrogens with two attached hydrogens (primary N) is 1.